The molecule has 1 heterocycles. The van der Waals surface area contributed by atoms with Crippen LogP contribution in [0.15, 0.2) is 39.1 Å². The molecular weight excluding hydrogens is 378 g/mol. The van der Waals surface area contributed by atoms with Gasteiger partial charge in [0.25, 0.3) is 10.0 Å². The molecule has 0 fully saturated rings. The van der Waals surface area contributed by atoms with E-state index in [0.29, 0.717) is 22.1 Å². The summed E-state index contributed by atoms with van der Waals surface area (Å²) in [5.74, 6) is 0. The number of para-hydroxylation sites is 1. The van der Waals surface area contributed by atoms with E-state index in [9.17, 15) is 18.0 Å². The fourth-order valence-electron chi connectivity index (χ4n) is 2.19. The van der Waals surface area contributed by atoms with Gasteiger partial charge in [0.1, 0.15) is 4.90 Å². The Morgan fingerprint density at radius 2 is 2.00 bits per heavy atom. The molecule has 0 unspecified atom stereocenters. The highest BCUT2D eigenvalue weighted by molar-refractivity contribution is 7.98. The summed E-state index contributed by atoms with van der Waals surface area (Å²) < 4.78 is 28.8. The van der Waals surface area contributed by atoms with E-state index in [1.165, 1.54) is 24.9 Å². The van der Waals surface area contributed by atoms with Gasteiger partial charge in [-0.2, -0.15) is 0 Å². The first kappa shape index (κ1) is 20.0. The summed E-state index contributed by atoms with van der Waals surface area (Å²) in [6, 6.07) is 5.13. The lowest BCUT2D eigenvalue weighted by Crippen LogP contribution is -2.40. The smallest absolute Gasteiger partial charge is 0.360 e. The number of anilines is 1. The van der Waals surface area contributed by atoms with Crippen molar-refractivity contribution in [3.63, 3.8) is 0 Å². The predicted molar refractivity (Wildman–Crippen MR) is 100 cm³/mol. The van der Waals surface area contributed by atoms with Crippen LogP contribution < -0.4 is 15.7 Å². The van der Waals surface area contributed by atoms with Gasteiger partial charge in [0.2, 0.25) is 0 Å². The van der Waals surface area contributed by atoms with Crippen LogP contribution in [0.1, 0.15) is 19.8 Å². The molecule has 1 aromatic heterocycles. The minimum absolute atomic E-state index is 0.0708. The lowest BCUT2D eigenvalue weighted by atomic mass is 10.3. The highest BCUT2D eigenvalue weighted by Gasteiger charge is 2.24. The first-order chi connectivity index (χ1) is 12.3. The summed E-state index contributed by atoms with van der Waals surface area (Å²) in [4.78, 5) is 24.2. The third-order valence-corrected chi connectivity index (χ3v) is 5.66. The molecule has 0 saturated carbocycles. The van der Waals surface area contributed by atoms with Gasteiger partial charge in [0, 0.05) is 13.6 Å². The Morgan fingerprint density at radius 1 is 1.31 bits per heavy atom. The molecule has 0 aliphatic heterocycles. The number of hydrogen-bond donors (Lipinski definition) is 2. The number of amides is 1. The molecule has 142 valence electrons. The monoisotopic (exact) mass is 399 g/mol. The second-order valence-electron chi connectivity index (χ2n) is 5.43. The van der Waals surface area contributed by atoms with Crippen LogP contribution in [0.25, 0.3) is 0 Å². The van der Waals surface area contributed by atoms with E-state index in [4.69, 9.17) is 0 Å². The molecule has 0 bridgehead atoms. The molecule has 26 heavy (non-hydrogen) atoms. The quantitative estimate of drug-likeness (QED) is 0.535. The number of carbonyl (C=O) groups is 1. The van der Waals surface area contributed by atoms with E-state index >= 15 is 0 Å². The maximum atomic E-state index is 12.6. The summed E-state index contributed by atoms with van der Waals surface area (Å²) in [5, 5.41) is 7.17. The number of thioether (sulfide) groups is 1. The number of unbranched alkanes of at least 4 members (excludes halogenated alkanes) is 1. The highest BCUT2D eigenvalue weighted by atomic mass is 32.2. The minimum atomic E-state index is -4.18. The van der Waals surface area contributed by atoms with E-state index in [-0.39, 0.29) is 4.90 Å². The third kappa shape index (κ3) is 4.28. The average Bonchev–Trinajstić information content (AvgIpc) is 2.90. The lowest BCUT2D eigenvalue weighted by molar-refractivity contribution is 0.243. The maximum Gasteiger partial charge on any atom is 0.360 e. The van der Waals surface area contributed by atoms with Crippen molar-refractivity contribution in [2.24, 2.45) is 7.05 Å². The molecule has 9 nitrogen and oxygen atoms in total. The second-order valence-corrected chi connectivity index (χ2v) is 7.85. The Kier molecular flexibility index (Phi) is 6.48. The van der Waals surface area contributed by atoms with Gasteiger partial charge in [-0.25, -0.2) is 22.7 Å². The zero-order valence-corrected chi connectivity index (χ0v) is 16.4. The van der Waals surface area contributed by atoms with Gasteiger partial charge in [0.05, 0.1) is 5.69 Å². The molecular formula is C15H21N5O4S2. The van der Waals surface area contributed by atoms with Gasteiger partial charge in [-0.15, -0.1) is 9.78 Å². The first-order valence-electron chi connectivity index (χ1n) is 7.92. The molecule has 1 aromatic carbocycles. The fraction of sp³-hybridized carbons (Fsp3) is 0.400. The number of rotatable bonds is 7. The molecule has 0 radical (unpaired) electrons. The number of benzene rings is 1. The fourth-order valence-corrected chi connectivity index (χ4v) is 3.82. The summed E-state index contributed by atoms with van der Waals surface area (Å²) in [6.45, 7) is 2.63. The van der Waals surface area contributed by atoms with Crippen molar-refractivity contribution in [1.29, 1.82) is 0 Å². The van der Waals surface area contributed by atoms with Gasteiger partial charge >= 0.3 is 11.7 Å². The van der Waals surface area contributed by atoms with Crippen LogP contribution >= 0.6 is 11.8 Å². The Hall–Kier alpha value is -2.27. The van der Waals surface area contributed by atoms with Crippen LogP contribution in [-0.2, 0) is 17.1 Å². The number of carbonyl (C=O) groups excluding carboxylic acids is 1. The lowest BCUT2D eigenvalue weighted by Gasteiger charge is -2.12. The second kappa shape index (κ2) is 8.41. The number of aromatic nitrogens is 3. The molecule has 1 amide bonds. The van der Waals surface area contributed by atoms with Gasteiger partial charge in [-0.1, -0.05) is 37.2 Å². The summed E-state index contributed by atoms with van der Waals surface area (Å²) in [7, 11) is -2.73. The van der Waals surface area contributed by atoms with Crippen molar-refractivity contribution >= 4 is 33.5 Å². The van der Waals surface area contributed by atoms with Crippen LogP contribution in [0.5, 0.6) is 0 Å². The molecule has 0 aliphatic carbocycles. The standard InChI is InChI=1S/C15H21N5O4S2/c1-4-5-10-16-11-8-6-7-9-12(11)26(23,24)18-13(21)20-15(22)19(2)14(17-20)25-3/h6-9,16H,4-5,10H2,1-3H3,(H,18,21). The van der Waals surface area contributed by atoms with Crippen molar-refractivity contribution in [2.75, 3.05) is 18.1 Å². The zero-order valence-electron chi connectivity index (χ0n) is 14.7. The maximum absolute atomic E-state index is 12.6. The first-order valence-corrected chi connectivity index (χ1v) is 10.6. The van der Waals surface area contributed by atoms with E-state index in [0.717, 1.165) is 17.4 Å². The van der Waals surface area contributed by atoms with Crippen molar-refractivity contribution in [2.45, 2.75) is 29.8 Å². The van der Waals surface area contributed by atoms with Gasteiger partial charge in [-0.05, 0) is 24.8 Å². The Balaban J connectivity index is 2.29. The van der Waals surface area contributed by atoms with E-state index in [2.05, 4.69) is 10.4 Å². The Morgan fingerprint density at radius 3 is 2.62 bits per heavy atom. The molecule has 0 spiro atoms. The zero-order chi connectivity index (χ0) is 19.3. The third-order valence-electron chi connectivity index (χ3n) is 3.56. The topological polar surface area (TPSA) is 115 Å². The highest BCUT2D eigenvalue weighted by Crippen LogP contribution is 2.20. The number of nitrogens with zero attached hydrogens (tertiary/aromatic N) is 3. The molecule has 0 atom stereocenters. The molecule has 0 saturated heterocycles. The van der Waals surface area contributed by atoms with Crippen molar-refractivity contribution in [3.8, 4) is 0 Å². The molecule has 11 heteroatoms. The molecule has 0 aliphatic rings. The number of hydrogen-bond acceptors (Lipinski definition) is 7. The molecule has 2 N–H and O–H groups in total. The van der Waals surface area contributed by atoms with Crippen LogP contribution in [0, 0.1) is 0 Å². The molecule has 2 rings (SSSR count). The van der Waals surface area contributed by atoms with Crippen LogP contribution in [0.3, 0.4) is 0 Å². The number of sulfonamides is 1. The van der Waals surface area contributed by atoms with Gasteiger partial charge in [0.15, 0.2) is 5.16 Å². The van der Waals surface area contributed by atoms with Crippen LogP contribution in [0.4, 0.5) is 10.5 Å². The number of nitrogens with one attached hydrogen (secondary N) is 2. The predicted octanol–water partition coefficient (Wildman–Crippen LogP) is 1.46. The molecule has 2 aromatic rings. The normalized spacial score (nSPS) is 11.3. The van der Waals surface area contributed by atoms with Crippen LogP contribution in [0.2, 0.25) is 0 Å². The van der Waals surface area contributed by atoms with Gasteiger partial charge < -0.3 is 5.32 Å². The Labute approximate surface area is 155 Å². The average molecular weight is 399 g/mol. The van der Waals surface area contributed by atoms with E-state index in [1.807, 2.05) is 11.6 Å². The van der Waals surface area contributed by atoms with Crippen LogP contribution in [-0.4, -0.2) is 41.6 Å². The Bertz CT molecular complexity index is 949. The van der Waals surface area contributed by atoms with Crippen molar-refractivity contribution in [3.05, 3.63) is 34.7 Å². The van der Waals surface area contributed by atoms with Crippen molar-refractivity contribution < 1.29 is 13.2 Å². The van der Waals surface area contributed by atoms with E-state index in [1.54, 1.807) is 24.5 Å². The largest absolute Gasteiger partial charge is 0.384 e. The minimum Gasteiger partial charge on any atom is -0.384 e. The van der Waals surface area contributed by atoms with E-state index < -0.39 is 21.7 Å². The summed E-state index contributed by atoms with van der Waals surface area (Å²) in [5.41, 5.74) is -0.337. The SMILES string of the molecule is CCCCNc1ccccc1S(=O)(=O)NC(=O)n1nc(SC)n(C)c1=O. The summed E-state index contributed by atoms with van der Waals surface area (Å²) in [6.07, 6.45) is 3.53. The van der Waals surface area contributed by atoms with Gasteiger partial charge in [-0.3, -0.25) is 4.57 Å². The van der Waals surface area contributed by atoms with Crippen molar-refractivity contribution in [1.82, 2.24) is 19.1 Å². The summed E-state index contributed by atoms with van der Waals surface area (Å²) >= 11 is 1.17.